The van der Waals surface area contributed by atoms with Crippen LogP contribution in [0.15, 0.2) is 0 Å². The number of rotatable bonds is 16. The highest BCUT2D eigenvalue weighted by atomic mass is 35.5. The number of carbonyl (C=O) groups excluding carboxylic acids is 3. The van der Waals surface area contributed by atoms with Gasteiger partial charge in [-0.25, -0.2) is 0 Å². The topological polar surface area (TPSA) is 51.2 Å². The van der Waals surface area contributed by atoms with E-state index >= 15 is 0 Å². The van der Waals surface area contributed by atoms with Crippen molar-refractivity contribution in [2.45, 2.75) is 105 Å². The second kappa shape index (κ2) is 12.9. The predicted molar refractivity (Wildman–Crippen MR) is 110 cm³/mol. The molecule has 0 aromatic carbocycles. The Morgan fingerprint density at radius 3 is 1.19 bits per heavy atom. The molecular weight excluding hydrogens is 371 g/mol. The number of unbranched alkanes of at least 4 members (excludes halogenated alkanes) is 2. The van der Waals surface area contributed by atoms with Gasteiger partial charge in [-0.2, -0.15) is 0 Å². The summed E-state index contributed by atoms with van der Waals surface area (Å²) in [7, 11) is 0. The van der Waals surface area contributed by atoms with Crippen molar-refractivity contribution < 1.29 is 14.4 Å². The van der Waals surface area contributed by atoms with Crippen LogP contribution in [0.2, 0.25) is 0 Å². The van der Waals surface area contributed by atoms with E-state index in [1.54, 1.807) is 0 Å². The molecule has 0 saturated heterocycles. The molecule has 0 N–H and O–H groups in total. The molecule has 0 aromatic rings. The zero-order valence-electron chi connectivity index (χ0n) is 17.0. The Kier molecular flexibility index (Phi) is 12.7. The number of halogens is 2. The van der Waals surface area contributed by atoms with Crippen molar-refractivity contribution >= 4 is 39.5 Å². The van der Waals surface area contributed by atoms with E-state index in [1.165, 1.54) is 0 Å². The van der Waals surface area contributed by atoms with E-state index in [1.807, 2.05) is 13.8 Å². The van der Waals surface area contributed by atoms with Crippen molar-refractivity contribution in [2.75, 3.05) is 0 Å². The van der Waals surface area contributed by atoms with Gasteiger partial charge >= 0.3 is 0 Å². The first-order valence-corrected chi connectivity index (χ1v) is 10.9. The van der Waals surface area contributed by atoms with Gasteiger partial charge in [-0.15, -0.1) is 0 Å². The average molecular weight is 407 g/mol. The van der Waals surface area contributed by atoms with Crippen LogP contribution in [0.1, 0.15) is 105 Å². The molecule has 0 fully saturated rings. The maximum Gasteiger partial charge on any atom is 0.228 e. The summed E-state index contributed by atoms with van der Waals surface area (Å²) in [6.07, 6.45) is 7.87. The van der Waals surface area contributed by atoms with Gasteiger partial charge in [0.15, 0.2) is 0 Å². The van der Waals surface area contributed by atoms with Crippen LogP contribution in [-0.4, -0.2) is 16.3 Å². The maximum atomic E-state index is 12.9. The summed E-state index contributed by atoms with van der Waals surface area (Å²) in [5, 5.41) is -0.846. The number of carbonyl (C=O) groups is 3. The SMILES string of the molecule is CCCCC(CCC)(CC(=O)CC(CCC)(CCCC)C(=O)Cl)C(=O)Cl. The monoisotopic (exact) mass is 406 g/mol. The molecule has 0 amide bonds. The molecule has 0 heterocycles. The van der Waals surface area contributed by atoms with E-state index in [2.05, 4.69) is 13.8 Å². The van der Waals surface area contributed by atoms with Gasteiger partial charge < -0.3 is 0 Å². The number of ketones is 1. The van der Waals surface area contributed by atoms with E-state index in [4.69, 9.17) is 23.2 Å². The fourth-order valence-corrected chi connectivity index (χ4v) is 4.45. The van der Waals surface area contributed by atoms with Gasteiger partial charge in [-0.05, 0) is 48.9 Å². The molecule has 0 aliphatic carbocycles. The Hall–Kier alpha value is -0.410. The Bertz CT molecular complexity index is 424. The molecule has 3 nitrogen and oxygen atoms in total. The first kappa shape index (κ1) is 25.6. The molecule has 2 atom stereocenters. The van der Waals surface area contributed by atoms with E-state index in [0.717, 1.165) is 38.5 Å². The van der Waals surface area contributed by atoms with Gasteiger partial charge in [0.1, 0.15) is 5.78 Å². The van der Waals surface area contributed by atoms with Crippen molar-refractivity contribution in [2.24, 2.45) is 10.8 Å². The third-order valence-electron chi connectivity index (χ3n) is 5.38. The van der Waals surface area contributed by atoms with Crippen molar-refractivity contribution in [3.05, 3.63) is 0 Å². The highest BCUT2D eigenvalue weighted by molar-refractivity contribution is 6.65. The van der Waals surface area contributed by atoms with Gasteiger partial charge in [-0.1, -0.05) is 66.2 Å². The Labute approximate surface area is 169 Å². The maximum absolute atomic E-state index is 12.9. The molecule has 2 unspecified atom stereocenters. The summed E-state index contributed by atoms with van der Waals surface area (Å²) in [6.45, 7) is 8.10. The highest BCUT2D eigenvalue weighted by Gasteiger charge is 2.42. The first-order valence-electron chi connectivity index (χ1n) is 10.1. The lowest BCUT2D eigenvalue weighted by Crippen LogP contribution is -2.35. The molecule has 152 valence electrons. The zero-order chi connectivity index (χ0) is 20.2. The Morgan fingerprint density at radius 1 is 0.615 bits per heavy atom. The van der Waals surface area contributed by atoms with E-state index in [9.17, 15) is 14.4 Å². The van der Waals surface area contributed by atoms with Crippen LogP contribution in [0.3, 0.4) is 0 Å². The van der Waals surface area contributed by atoms with Crippen LogP contribution in [0.5, 0.6) is 0 Å². The molecule has 0 bridgehead atoms. The third-order valence-corrected chi connectivity index (χ3v) is 6.18. The molecule has 26 heavy (non-hydrogen) atoms. The van der Waals surface area contributed by atoms with Crippen LogP contribution in [0.4, 0.5) is 0 Å². The lowest BCUT2D eigenvalue weighted by molar-refractivity contribution is -0.134. The van der Waals surface area contributed by atoms with Crippen molar-refractivity contribution in [3.8, 4) is 0 Å². The largest absolute Gasteiger partial charge is 0.300 e. The summed E-state index contributed by atoms with van der Waals surface area (Å²) in [4.78, 5) is 37.4. The first-order chi connectivity index (χ1) is 12.2. The van der Waals surface area contributed by atoms with E-state index < -0.39 is 21.3 Å². The molecule has 0 radical (unpaired) electrons. The molecule has 0 aliphatic rings. The molecule has 0 saturated carbocycles. The Balaban J connectivity index is 5.47. The van der Waals surface area contributed by atoms with Gasteiger partial charge in [0.05, 0.1) is 10.8 Å². The second-order valence-corrected chi connectivity index (χ2v) is 8.39. The standard InChI is InChI=1S/C21H36Cl2O3/c1-5-9-13-20(11-7-3,18(22)25)15-17(24)16-21(12-8-4,19(23)26)14-10-6-2/h5-16H2,1-4H3. The summed E-state index contributed by atoms with van der Waals surface area (Å²) >= 11 is 11.9. The van der Waals surface area contributed by atoms with Gasteiger partial charge in [0, 0.05) is 12.8 Å². The minimum Gasteiger partial charge on any atom is -0.300 e. The molecule has 0 spiro atoms. The summed E-state index contributed by atoms with van der Waals surface area (Å²) in [5.74, 6) is -0.0675. The fraction of sp³-hybridized carbons (Fsp3) is 0.857. The minimum absolute atomic E-state index is 0.0675. The predicted octanol–water partition coefficient (Wildman–Crippen LogP) is 6.82. The van der Waals surface area contributed by atoms with Crippen molar-refractivity contribution in [1.82, 2.24) is 0 Å². The molecular formula is C21H36Cl2O3. The van der Waals surface area contributed by atoms with Crippen LogP contribution in [0.25, 0.3) is 0 Å². The van der Waals surface area contributed by atoms with Gasteiger partial charge in [0.25, 0.3) is 0 Å². The second-order valence-electron chi connectivity index (χ2n) is 7.71. The number of hydrogen-bond donors (Lipinski definition) is 0. The van der Waals surface area contributed by atoms with E-state index in [-0.39, 0.29) is 18.6 Å². The normalized spacial score (nSPS) is 15.9. The minimum atomic E-state index is -0.804. The zero-order valence-corrected chi connectivity index (χ0v) is 18.5. The van der Waals surface area contributed by atoms with Crippen LogP contribution < -0.4 is 0 Å². The molecule has 0 aliphatic heterocycles. The van der Waals surface area contributed by atoms with Gasteiger partial charge in [0.2, 0.25) is 10.5 Å². The lowest BCUT2D eigenvalue weighted by Gasteiger charge is -2.33. The van der Waals surface area contributed by atoms with Crippen molar-refractivity contribution in [3.63, 3.8) is 0 Å². The fourth-order valence-electron chi connectivity index (χ4n) is 3.94. The van der Waals surface area contributed by atoms with Crippen LogP contribution in [-0.2, 0) is 14.4 Å². The number of Topliss-reactive ketones (excluding diaryl/α,β-unsaturated/α-hetero) is 1. The summed E-state index contributed by atoms with van der Waals surface area (Å²) < 4.78 is 0. The van der Waals surface area contributed by atoms with Crippen LogP contribution in [0, 0.1) is 10.8 Å². The molecule has 0 aromatic heterocycles. The smallest absolute Gasteiger partial charge is 0.228 e. The Morgan fingerprint density at radius 2 is 0.962 bits per heavy atom. The third kappa shape index (κ3) is 7.68. The van der Waals surface area contributed by atoms with E-state index in [0.29, 0.717) is 25.7 Å². The molecule has 5 heteroatoms. The highest BCUT2D eigenvalue weighted by Crippen LogP contribution is 2.42. The number of hydrogen-bond acceptors (Lipinski definition) is 3. The van der Waals surface area contributed by atoms with Crippen LogP contribution >= 0.6 is 23.2 Å². The quantitative estimate of drug-likeness (QED) is 0.264. The lowest BCUT2D eigenvalue weighted by atomic mass is 9.71. The van der Waals surface area contributed by atoms with Crippen molar-refractivity contribution in [1.29, 1.82) is 0 Å². The molecule has 0 rings (SSSR count). The van der Waals surface area contributed by atoms with Gasteiger partial charge in [-0.3, -0.25) is 14.4 Å². The summed E-state index contributed by atoms with van der Waals surface area (Å²) in [6, 6.07) is 0. The average Bonchev–Trinajstić information content (AvgIpc) is 2.57. The summed E-state index contributed by atoms with van der Waals surface area (Å²) in [5.41, 5.74) is -1.61.